The molecule has 5 heteroatoms. The molecule has 0 radical (unpaired) electrons. The number of hydrogen-bond acceptors (Lipinski definition) is 4. The summed E-state index contributed by atoms with van der Waals surface area (Å²) < 4.78 is 12.4. The first kappa shape index (κ1) is 15.2. The van der Waals surface area contributed by atoms with Crippen molar-refractivity contribution in [1.82, 2.24) is 4.90 Å². The first-order chi connectivity index (χ1) is 9.67. The molecule has 4 nitrogen and oxygen atoms in total. The van der Waals surface area contributed by atoms with Crippen molar-refractivity contribution in [3.8, 4) is 11.5 Å². The molecule has 0 fully saturated rings. The predicted molar refractivity (Wildman–Crippen MR) is 85.1 cm³/mol. The molecule has 0 saturated carbocycles. The molecule has 1 aliphatic rings. The molecule has 1 heterocycles. The summed E-state index contributed by atoms with van der Waals surface area (Å²) in [5, 5.41) is 0. The zero-order chi connectivity index (χ0) is 14.5. The van der Waals surface area contributed by atoms with Crippen LogP contribution in [0.25, 0.3) is 0 Å². The first-order valence-electron chi connectivity index (χ1n) is 7.02. The number of rotatable bonds is 6. The summed E-state index contributed by atoms with van der Waals surface area (Å²) in [5.41, 5.74) is 1.06. The monoisotopic (exact) mass is 340 g/mol. The summed E-state index contributed by atoms with van der Waals surface area (Å²) in [4.78, 5) is 6.70. The lowest BCUT2D eigenvalue weighted by Gasteiger charge is -2.18. The Morgan fingerprint density at radius 1 is 1.30 bits per heavy atom. The maximum absolute atomic E-state index is 5.79. The summed E-state index contributed by atoms with van der Waals surface area (Å²) in [6.45, 7) is 7.17. The highest BCUT2D eigenvalue weighted by molar-refractivity contribution is 9.10. The van der Waals surface area contributed by atoms with Gasteiger partial charge in [0.15, 0.2) is 11.5 Å². The lowest BCUT2D eigenvalue weighted by atomic mass is 10.1. The highest BCUT2D eigenvalue weighted by Gasteiger charge is 2.19. The van der Waals surface area contributed by atoms with Crippen LogP contribution in [0, 0.1) is 0 Å². The third kappa shape index (κ3) is 3.26. The van der Waals surface area contributed by atoms with Crippen molar-refractivity contribution in [3.05, 3.63) is 22.2 Å². The van der Waals surface area contributed by atoms with Gasteiger partial charge in [-0.25, -0.2) is 0 Å². The zero-order valence-corrected chi connectivity index (χ0v) is 13.9. The van der Waals surface area contributed by atoms with Gasteiger partial charge in [-0.1, -0.05) is 6.92 Å². The Morgan fingerprint density at radius 3 is 2.70 bits per heavy atom. The smallest absolute Gasteiger partial charge is 0.175 e. The van der Waals surface area contributed by atoms with E-state index in [1.807, 2.05) is 19.1 Å². The fraction of sp³-hybridized carbons (Fsp3) is 0.533. The molecule has 0 unspecified atom stereocenters. The van der Waals surface area contributed by atoms with E-state index in [4.69, 9.17) is 9.47 Å². The molecule has 1 aromatic rings. The lowest BCUT2D eigenvalue weighted by Crippen LogP contribution is -2.23. The molecule has 0 aliphatic carbocycles. The van der Waals surface area contributed by atoms with Gasteiger partial charge in [0.25, 0.3) is 0 Å². The van der Waals surface area contributed by atoms with Crippen LogP contribution < -0.4 is 9.47 Å². The van der Waals surface area contributed by atoms with Crippen molar-refractivity contribution in [3.63, 3.8) is 0 Å². The zero-order valence-electron chi connectivity index (χ0n) is 12.3. The number of hydrogen-bond donors (Lipinski definition) is 0. The van der Waals surface area contributed by atoms with Crippen LogP contribution in [0.3, 0.4) is 0 Å². The predicted octanol–water partition coefficient (Wildman–Crippen LogP) is 3.33. The van der Waals surface area contributed by atoms with Crippen molar-refractivity contribution < 1.29 is 9.47 Å². The quantitative estimate of drug-likeness (QED) is 0.796. The molecule has 0 N–H and O–H groups in total. The van der Waals surface area contributed by atoms with Gasteiger partial charge < -0.3 is 14.4 Å². The number of benzene rings is 1. The molecule has 0 spiro atoms. The number of aliphatic imine (C=N–C) groups is 1. The minimum Gasteiger partial charge on any atom is -0.490 e. The van der Waals surface area contributed by atoms with E-state index in [0.717, 1.165) is 46.9 Å². The molecular weight excluding hydrogens is 320 g/mol. The normalized spacial score (nSPS) is 14.4. The van der Waals surface area contributed by atoms with Crippen LogP contribution in [0.4, 0.5) is 0 Å². The van der Waals surface area contributed by atoms with Crippen LogP contribution in [0.15, 0.2) is 21.6 Å². The number of likely N-dealkylation sites (N-methyl/N-ethyl adjacent to an activating group) is 1. The van der Waals surface area contributed by atoms with Gasteiger partial charge in [-0.3, -0.25) is 4.99 Å². The minimum atomic E-state index is 0.612. The lowest BCUT2D eigenvalue weighted by molar-refractivity contribution is 0.275. The highest BCUT2D eigenvalue weighted by Crippen LogP contribution is 2.37. The second-order valence-corrected chi connectivity index (χ2v) is 5.55. The van der Waals surface area contributed by atoms with Crippen molar-refractivity contribution in [2.45, 2.75) is 20.3 Å². The van der Waals surface area contributed by atoms with Crippen LogP contribution in [-0.2, 0) is 0 Å². The largest absolute Gasteiger partial charge is 0.490 e. The molecule has 0 bridgehead atoms. The van der Waals surface area contributed by atoms with Gasteiger partial charge in [0, 0.05) is 19.2 Å². The summed E-state index contributed by atoms with van der Waals surface area (Å²) in [7, 11) is 2.06. The molecule has 1 aliphatic heterocycles. The highest BCUT2D eigenvalue weighted by atomic mass is 79.9. The van der Waals surface area contributed by atoms with Crippen LogP contribution in [0.1, 0.15) is 25.8 Å². The van der Waals surface area contributed by atoms with E-state index in [-0.39, 0.29) is 0 Å². The van der Waals surface area contributed by atoms with Crippen LogP contribution in [0.5, 0.6) is 11.5 Å². The molecule has 2 rings (SSSR count). The Hall–Kier alpha value is -1.23. The van der Waals surface area contributed by atoms with Crippen molar-refractivity contribution >= 4 is 21.8 Å². The topological polar surface area (TPSA) is 34.1 Å². The second-order valence-electron chi connectivity index (χ2n) is 4.69. The number of nitrogens with zero attached hydrogens (tertiary/aromatic N) is 2. The maximum atomic E-state index is 5.79. The van der Waals surface area contributed by atoms with Gasteiger partial charge in [0.1, 0.15) is 5.84 Å². The Kier molecular flexibility index (Phi) is 5.29. The van der Waals surface area contributed by atoms with E-state index in [0.29, 0.717) is 13.2 Å². The number of ether oxygens (including phenoxy) is 2. The van der Waals surface area contributed by atoms with Crippen LogP contribution in [0.2, 0.25) is 0 Å². The summed E-state index contributed by atoms with van der Waals surface area (Å²) in [6.07, 6.45) is 0.967. The Bertz CT molecular complexity index is 503. The molecule has 20 heavy (non-hydrogen) atoms. The molecule has 0 amide bonds. The number of amidine groups is 1. The Balaban J connectivity index is 2.36. The van der Waals surface area contributed by atoms with Crippen molar-refractivity contribution in [1.29, 1.82) is 0 Å². The minimum absolute atomic E-state index is 0.612. The van der Waals surface area contributed by atoms with Crippen molar-refractivity contribution in [2.75, 3.05) is 33.4 Å². The van der Waals surface area contributed by atoms with E-state index in [2.05, 4.69) is 39.8 Å². The van der Waals surface area contributed by atoms with Gasteiger partial charge in [0.05, 0.1) is 24.2 Å². The van der Waals surface area contributed by atoms with Crippen LogP contribution in [-0.4, -0.2) is 44.1 Å². The molecule has 0 saturated heterocycles. The molecular formula is C15H21BrN2O2. The van der Waals surface area contributed by atoms with Gasteiger partial charge in [-0.2, -0.15) is 0 Å². The third-order valence-electron chi connectivity index (χ3n) is 3.08. The Morgan fingerprint density at radius 2 is 2.10 bits per heavy atom. The summed E-state index contributed by atoms with van der Waals surface area (Å²) in [5.74, 6) is 2.56. The molecule has 1 aromatic carbocycles. The average Bonchev–Trinajstić information content (AvgIpc) is 2.84. The average molecular weight is 341 g/mol. The van der Waals surface area contributed by atoms with Gasteiger partial charge in [-0.05, 0) is 41.4 Å². The number of halogens is 1. The first-order valence-corrected chi connectivity index (χ1v) is 7.81. The third-order valence-corrected chi connectivity index (χ3v) is 3.67. The van der Waals surface area contributed by atoms with Crippen LogP contribution >= 0.6 is 15.9 Å². The van der Waals surface area contributed by atoms with E-state index < -0.39 is 0 Å². The van der Waals surface area contributed by atoms with Gasteiger partial charge in [0.2, 0.25) is 0 Å². The van der Waals surface area contributed by atoms with E-state index >= 15 is 0 Å². The van der Waals surface area contributed by atoms with E-state index in [1.54, 1.807) is 0 Å². The summed E-state index contributed by atoms with van der Waals surface area (Å²) >= 11 is 3.59. The van der Waals surface area contributed by atoms with E-state index in [1.165, 1.54) is 0 Å². The maximum Gasteiger partial charge on any atom is 0.175 e. The van der Waals surface area contributed by atoms with Crippen molar-refractivity contribution in [2.24, 2.45) is 4.99 Å². The van der Waals surface area contributed by atoms with E-state index in [9.17, 15) is 0 Å². The fourth-order valence-corrected chi connectivity index (χ4v) is 2.70. The SMILES string of the molecule is CCCOc1c(Br)cc(C2=NCCN2C)cc1OCC. The standard InChI is InChI=1S/C15H21BrN2O2/c1-4-8-20-14-12(16)9-11(10-13(14)19-5-2)15-17-6-7-18(15)3/h9-10H,4-8H2,1-3H3. The molecule has 110 valence electrons. The van der Waals surface area contributed by atoms with Gasteiger partial charge in [-0.15, -0.1) is 0 Å². The molecule has 0 atom stereocenters. The second kappa shape index (κ2) is 6.97. The fourth-order valence-electron chi connectivity index (χ4n) is 2.15. The van der Waals surface area contributed by atoms with Gasteiger partial charge >= 0.3 is 0 Å². The summed E-state index contributed by atoms with van der Waals surface area (Å²) in [6, 6.07) is 4.06. The Labute approximate surface area is 128 Å². The molecule has 0 aromatic heterocycles.